The Morgan fingerprint density at radius 3 is 3.00 bits per heavy atom. The number of aryl methyl sites for hydroxylation is 1. The molecule has 6 heteroatoms. The van der Waals surface area contributed by atoms with E-state index in [1.54, 1.807) is 13.0 Å². The summed E-state index contributed by atoms with van der Waals surface area (Å²) in [5.74, 6) is 0.578. The summed E-state index contributed by atoms with van der Waals surface area (Å²) >= 11 is 12.2. The number of thioether (sulfide) groups is 1. The molecule has 0 radical (unpaired) electrons. The lowest BCUT2D eigenvalue weighted by Crippen LogP contribution is -2.07. The second-order valence-electron chi connectivity index (χ2n) is 2.50. The summed E-state index contributed by atoms with van der Waals surface area (Å²) < 4.78 is 0.215. The van der Waals surface area contributed by atoms with E-state index >= 15 is 0 Å². The summed E-state index contributed by atoms with van der Waals surface area (Å²) in [6, 6.07) is 1.44. The van der Waals surface area contributed by atoms with E-state index in [9.17, 15) is 4.79 Å². The molecule has 1 rings (SSSR count). The van der Waals surface area contributed by atoms with Gasteiger partial charge in [-0.15, -0.1) is 0 Å². The Morgan fingerprint density at radius 2 is 2.43 bits per heavy atom. The highest BCUT2D eigenvalue weighted by atomic mass is 35.5. The van der Waals surface area contributed by atoms with Crippen LogP contribution in [0.25, 0.3) is 0 Å². The smallest absolute Gasteiger partial charge is 0.251 e. The molecule has 14 heavy (non-hydrogen) atoms. The van der Waals surface area contributed by atoms with Crippen LogP contribution >= 0.6 is 35.0 Å². The van der Waals surface area contributed by atoms with Crippen LogP contribution in [0.1, 0.15) is 5.69 Å². The number of aromatic amines is 1. The summed E-state index contributed by atoms with van der Waals surface area (Å²) in [6.45, 7) is 1.77. The molecule has 0 spiro atoms. The molecule has 0 aliphatic carbocycles. The van der Waals surface area contributed by atoms with E-state index in [0.717, 1.165) is 0 Å². The lowest BCUT2D eigenvalue weighted by atomic mass is 10.5. The van der Waals surface area contributed by atoms with Gasteiger partial charge < -0.3 is 4.98 Å². The van der Waals surface area contributed by atoms with Gasteiger partial charge in [-0.3, -0.25) is 4.79 Å². The van der Waals surface area contributed by atoms with Gasteiger partial charge in [-0.2, -0.15) is 0 Å². The third-order valence-corrected chi connectivity index (χ3v) is 2.41. The summed E-state index contributed by atoms with van der Waals surface area (Å²) in [4.78, 5) is 17.8. The number of H-pyrrole nitrogens is 1. The van der Waals surface area contributed by atoms with Crippen LogP contribution in [-0.2, 0) is 0 Å². The summed E-state index contributed by atoms with van der Waals surface area (Å²) in [7, 11) is 0. The van der Waals surface area contributed by atoms with E-state index in [-0.39, 0.29) is 10.1 Å². The lowest BCUT2D eigenvalue weighted by molar-refractivity contribution is 0.907. The number of hydrogen-bond acceptors (Lipinski definition) is 3. The molecule has 0 aromatic carbocycles. The maximum absolute atomic E-state index is 11.0. The van der Waals surface area contributed by atoms with Crippen LogP contribution in [0, 0.1) is 6.92 Å². The summed E-state index contributed by atoms with van der Waals surface area (Å²) in [6.07, 6.45) is 1.64. The normalized spacial score (nSPS) is 9.93. The first-order valence-corrected chi connectivity index (χ1v) is 5.54. The first-order valence-electron chi connectivity index (χ1n) is 3.80. The number of rotatable bonds is 3. The molecule has 0 atom stereocenters. The van der Waals surface area contributed by atoms with Gasteiger partial charge in [0.25, 0.3) is 5.56 Å². The number of nitrogens with one attached hydrogen (secondary N) is 1. The predicted octanol–water partition coefficient (Wildman–Crippen LogP) is 2.49. The van der Waals surface area contributed by atoms with Crippen LogP contribution in [0.15, 0.2) is 26.6 Å². The van der Waals surface area contributed by atoms with Gasteiger partial charge in [0.05, 0.1) is 0 Å². The minimum atomic E-state index is -0.152. The van der Waals surface area contributed by atoms with E-state index in [0.29, 0.717) is 16.6 Å². The molecule has 76 valence electrons. The van der Waals surface area contributed by atoms with Crippen molar-refractivity contribution in [2.45, 2.75) is 12.1 Å². The first kappa shape index (κ1) is 11.6. The van der Waals surface area contributed by atoms with Gasteiger partial charge in [0.2, 0.25) is 0 Å². The maximum Gasteiger partial charge on any atom is 0.251 e. The summed E-state index contributed by atoms with van der Waals surface area (Å²) in [5.41, 5.74) is 0.540. The molecule has 0 saturated heterocycles. The Bertz CT molecular complexity index is 399. The van der Waals surface area contributed by atoms with Gasteiger partial charge >= 0.3 is 0 Å². The number of halogens is 2. The van der Waals surface area contributed by atoms with Gasteiger partial charge in [-0.05, 0) is 13.0 Å². The van der Waals surface area contributed by atoms with Crippen molar-refractivity contribution >= 4 is 35.0 Å². The van der Waals surface area contributed by atoms with E-state index in [2.05, 4.69) is 9.97 Å². The average molecular weight is 251 g/mol. The van der Waals surface area contributed by atoms with Gasteiger partial charge in [-0.25, -0.2) is 4.98 Å². The quantitative estimate of drug-likeness (QED) is 0.663. The SMILES string of the molecule is Cc1cc(=O)[nH]c(SCC=C(Cl)Cl)n1. The van der Waals surface area contributed by atoms with Crippen molar-refractivity contribution in [3.63, 3.8) is 0 Å². The monoisotopic (exact) mass is 250 g/mol. The Balaban J connectivity index is 2.68. The number of nitrogens with zero attached hydrogens (tertiary/aromatic N) is 1. The fraction of sp³-hybridized carbons (Fsp3) is 0.250. The molecule has 1 aromatic heterocycles. The number of hydrogen-bond donors (Lipinski definition) is 1. The van der Waals surface area contributed by atoms with Gasteiger partial charge in [0.1, 0.15) is 4.49 Å². The molecular weight excluding hydrogens is 243 g/mol. The molecule has 0 amide bonds. The Morgan fingerprint density at radius 1 is 1.71 bits per heavy atom. The van der Waals surface area contributed by atoms with E-state index in [1.807, 2.05) is 0 Å². The largest absolute Gasteiger partial charge is 0.301 e. The van der Waals surface area contributed by atoms with Crippen LogP contribution in [-0.4, -0.2) is 15.7 Å². The molecule has 1 N–H and O–H groups in total. The number of aromatic nitrogens is 2. The zero-order chi connectivity index (χ0) is 10.6. The van der Waals surface area contributed by atoms with Gasteiger partial charge in [0.15, 0.2) is 5.16 Å². The van der Waals surface area contributed by atoms with Crippen molar-refractivity contribution in [3.8, 4) is 0 Å². The van der Waals surface area contributed by atoms with Crippen molar-refractivity contribution < 1.29 is 0 Å². The Kier molecular flexibility index (Phi) is 4.51. The summed E-state index contributed by atoms with van der Waals surface area (Å²) in [5, 5.41) is 0.570. The maximum atomic E-state index is 11.0. The molecular formula is C8H8Cl2N2OS. The van der Waals surface area contributed by atoms with E-state index in [1.165, 1.54) is 17.8 Å². The molecule has 1 heterocycles. The van der Waals surface area contributed by atoms with Crippen LogP contribution in [0.2, 0.25) is 0 Å². The molecule has 1 aromatic rings. The second-order valence-corrected chi connectivity index (χ2v) is 4.51. The van der Waals surface area contributed by atoms with Gasteiger partial charge in [0, 0.05) is 17.5 Å². The fourth-order valence-electron chi connectivity index (χ4n) is 0.804. The predicted molar refractivity (Wildman–Crippen MR) is 60.1 cm³/mol. The van der Waals surface area contributed by atoms with E-state index < -0.39 is 0 Å². The minimum absolute atomic E-state index is 0.152. The molecule has 0 aliphatic rings. The third kappa shape index (κ3) is 4.17. The molecule has 3 nitrogen and oxygen atoms in total. The van der Waals surface area contributed by atoms with Crippen LogP contribution in [0.5, 0.6) is 0 Å². The fourth-order valence-corrected chi connectivity index (χ4v) is 1.93. The standard InChI is InChI=1S/C8H8Cl2N2OS/c1-5-4-7(13)12-8(11-5)14-3-2-6(9)10/h2,4H,3H2,1H3,(H,11,12,13). The molecule has 0 fully saturated rings. The lowest BCUT2D eigenvalue weighted by Gasteiger charge is -1.97. The average Bonchev–Trinajstić information content (AvgIpc) is 2.01. The second kappa shape index (κ2) is 5.44. The van der Waals surface area contributed by atoms with Crippen molar-refractivity contribution in [2.24, 2.45) is 0 Å². The Labute approximate surface area is 95.5 Å². The molecule has 0 saturated carbocycles. The van der Waals surface area contributed by atoms with Crippen molar-refractivity contribution in [1.29, 1.82) is 0 Å². The van der Waals surface area contributed by atoms with Crippen molar-refractivity contribution in [3.05, 3.63) is 32.7 Å². The van der Waals surface area contributed by atoms with Crippen molar-refractivity contribution in [2.75, 3.05) is 5.75 Å². The molecule has 0 bridgehead atoms. The van der Waals surface area contributed by atoms with E-state index in [4.69, 9.17) is 23.2 Å². The zero-order valence-electron chi connectivity index (χ0n) is 7.38. The van der Waals surface area contributed by atoms with Crippen LogP contribution in [0.3, 0.4) is 0 Å². The van der Waals surface area contributed by atoms with Crippen molar-refractivity contribution in [1.82, 2.24) is 9.97 Å². The third-order valence-electron chi connectivity index (χ3n) is 1.31. The first-order chi connectivity index (χ1) is 6.58. The van der Waals surface area contributed by atoms with Crippen LogP contribution in [0.4, 0.5) is 0 Å². The Hall–Kier alpha value is -0.450. The highest BCUT2D eigenvalue weighted by Crippen LogP contribution is 2.14. The zero-order valence-corrected chi connectivity index (χ0v) is 9.71. The minimum Gasteiger partial charge on any atom is -0.301 e. The van der Waals surface area contributed by atoms with Gasteiger partial charge in [-0.1, -0.05) is 35.0 Å². The highest BCUT2D eigenvalue weighted by Gasteiger charge is 1.97. The molecule has 0 aliphatic heterocycles. The van der Waals surface area contributed by atoms with Crippen LogP contribution < -0.4 is 5.56 Å². The topological polar surface area (TPSA) is 45.8 Å². The highest BCUT2D eigenvalue weighted by molar-refractivity contribution is 7.99. The molecule has 0 unspecified atom stereocenters.